The van der Waals surface area contributed by atoms with E-state index in [9.17, 15) is 13.6 Å². The number of carbonyl (C=O) groups excluding carboxylic acids is 1. The van der Waals surface area contributed by atoms with E-state index < -0.39 is 23.2 Å². The highest BCUT2D eigenvalue weighted by molar-refractivity contribution is 7.18. The first kappa shape index (κ1) is 18.1. The number of carbonyl (C=O) groups is 1. The number of anilines is 2. The molecule has 0 aliphatic heterocycles. The Balaban J connectivity index is 1.93. The van der Waals surface area contributed by atoms with Gasteiger partial charge in [-0.05, 0) is 37.6 Å². The molecule has 1 amide bonds. The van der Waals surface area contributed by atoms with E-state index in [1.165, 1.54) is 12.1 Å². The van der Waals surface area contributed by atoms with E-state index >= 15 is 0 Å². The molecule has 5 nitrogen and oxygen atoms in total. The van der Waals surface area contributed by atoms with Crippen molar-refractivity contribution in [2.75, 3.05) is 11.1 Å². The smallest absolute Gasteiger partial charge is 0.265 e. The molecule has 0 fully saturated rings. The number of nitrogens with one attached hydrogen (secondary N) is 1. The fourth-order valence-corrected chi connectivity index (χ4v) is 3.57. The molecule has 0 saturated heterocycles. The average Bonchev–Trinajstić information content (AvgIpc) is 3.21. The largest absolute Gasteiger partial charge is 0.397 e. The highest BCUT2D eigenvalue weighted by Crippen LogP contribution is 2.36. The lowest BCUT2D eigenvalue weighted by molar-refractivity contribution is 0.102. The van der Waals surface area contributed by atoms with E-state index in [2.05, 4.69) is 10.4 Å². The highest BCUT2D eigenvalue weighted by Gasteiger charge is 2.20. The lowest BCUT2D eigenvalue weighted by atomic mass is 10.2. The van der Waals surface area contributed by atoms with Gasteiger partial charge in [0.25, 0.3) is 5.91 Å². The molecule has 136 valence electrons. The Bertz CT molecular complexity index is 944. The summed E-state index contributed by atoms with van der Waals surface area (Å²) in [6.07, 6.45) is 0.783. The van der Waals surface area contributed by atoms with Gasteiger partial charge in [-0.15, -0.1) is 11.3 Å². The van der Waals surface area contributed by atoms with Crippen molar-refractivity contribution in [3.05, 3.63) is 52.5 Å². The Morgan fingerprint density at radius 3 is 2.58 bits per heavy atom. The van der Waals surface area contributed by atoms with Crippen LogP contribution in [0, 0.1) is 11.6 Å². The van der Waals surface area contributed by atoms with Crippen molar-refractivity contribution in [1.29, 1.82) is 0 Å². The summed E-state index contributed by atoms with van der Waals surface area (Å²) in [5, 5.41) is 6.75. The third-order valence-electron chi connectivity index (χ3n) is 3.91. The van der Waals surface area contributed by atoms with Gasteiger partial charge in [0.1, 0.15) is 17.3 Å². The third-order valence-corrected chi connectivity index (χ3v) is 5.08. The fraction of sp³-hybridized carbons (Fsp3) is 0.222. The molecule has 0 aliphatic carbocycles. The van der Waals surface area contributed by atoms with Gasteiger partial charge in [-0.1, -0.05) is 13.0 Å². The number of aromatic nitrogens is 2. The Morgan fingerprint density at radius 2 is 1.96 bits per heavy atom. The predicted octanol–water partition coefficient (Wildman–Crippen LogP) is 4.31. The number of nitrogen functional groups attached to an aromatic ring is 1. The van der Waals surface area contributed by atoms with Crippen molar-refractivity contribution >= 4 is 28.6 Å². The molecule has 26 heavy (non-hydrogen) atoms. The van der Waals surface area contributed by atoms with Gasteiger partial charge in [-0.2, -0.15) is 5.10 Å². The second-order valence-corrected chi connectivity index (χ2v) is 6.69. The zero-order valence-corrected chi connectivity index (χ0v) is 15.2. The number of hydrogen-bond donors (Lipinski definition) is 2. The summed E-state index contributed by atoms with van der Waals surface area (Å²) in [6, 6.07) is 6.84. The summed E-state index contributed by atoms with van der Waals surface area (Å²) >= 11 is 1.16. The maximum atomic E-state index is 13.7. The van der Waals surface area contributed by atoms with Crippen LogP contribution in [0.5, 0.6) is 0 Å². The topological polar surface area (TPSA) is 72.9 Å². The summed E-state index contributed by atoms with van der Waals surface area (Å²) in [6.45, 7) is 4.63. The molecule has 3 N–H and O–H groups in total. The van der Waals surface area contributed by atoms with E-state index in [-0.39, 0.29) is 4.88 Å². The van der Waals surface area contributed by atoms with E-state index in [1.54, 1.807) is 0 Å². The zero-order valence-electron chi connectivity index (χ0n) is 14.3. The van der Waals surface area contributed by atoms with Gasteiger partial charge in [-0.3, -0.25) is 9.48 Å². The Morgan fingerprint density at radius 1 is 1.27 bits per heavy atom. The van der Waals surface area contributed by atoms with Gasteiger partial charge in [0.05, 0.1) is 26.8 Å². The van der Waals surface area contributed by atoms with Crippen LogP contribution in [-0.4, -0.2) is 15.7 Å². The quantitative estimate of drug-likeness (QED) is 0.697. The molecule has 1 aromatic carbocycles. The van der Waals surface area contributed by atoms with Crippen LogP contribution in [0.15, 0.2) is 30.3 Å². The van der Waals surface area contributed by atoms with Crippen molar-refractivity contribution in [2.45, 2.75) is 26.8 Å². The first-order chi connectivity index (χ1) is 12.4. The van der Waals surface area contributed by atoms with Crippen LogP contribution in [0.25, 0.3) is 10.6 Å². The van der Waals surface area contributed by atoms with Crippen LogP contribution in [0.1, 0.15) is 29.2 Å². The molecular weight excluding hydrogens is 358 g/mol. The molecule has 0 unspecified atom stereocenters. The molecule has 0 spiro atoms. The van der Waals surface area contributed by atoms with E-state index in [0.717, 1.165) is 41.3 Å². The fourth-order valence-electron chi connectivity index (χ4n) is 2.58. The van der Waals surface area contributed by atoms with Crippen LogP contribution >= 0.6 is 11.3 Å². The maximum Gasteiger partial charge on any atom is 0.265 e. The maximum absolute atomic E-state index is 13.7. The van der Waals surface area contributed by atoms with Gasteiger partial charge in [0, 0.05) is 6.54 Å². The van der Waals surface area contributed by atoms with Crippen molar-refractivity contribution in [1.82, 2.24) is 9.78 Å². The minimum atomic E-state index is -0.834. The number of amides is 1. The number of rotatable bonds is 5. The normalized spacial score (nSPS) is 10.9. The number of aryl methyl sites for hydroxylation is 2. The lowest BCUT2D eigenvalue weighted by Gasteiger charge is -2.06. The second-order valence-electron chi connectivity index (χ2n) is 5.64. The summed E-state index contributed by atoms with van der Waals surface area (Å²) in [4.78, 5) is 13.4. The molecule has 2 aromatic heterocycles. The molecule has 2 heterocycles. The number of benzene rings is 1. The van der Waals surface area contributed by atoms with Crippen molar-refractivity contribution in [2.24, 2.45) is 0 Å². The van der Waals surface area contributed by atoms with Crippen molar-refractivity contribution in [3.8, 4) is 10.6 Å². The summed E-state index contributed by atoms with van der Waals surface area (Å²) in [7, 11) is 0. The minimum Gasteiger partial charge on any atom is -0.397 e. The van der Waals surface area contributed by atoms with Crippen LogP contribution in [0.3, 0.4) is 0 Å². The van der Waals surface area contributed by atoms with Crippen LogP contribution < -0.4 is 11.1 Å². The molecule has 3 aromatic rings. The lowest BCUT2D eigenvalue weighted by Crippen LogP contribution is -2.12. The zero-order chi connectivity index (χ0) is 18.8. The van der Waals surface area contributed by atoms with E-state index in [0.29, 0.717) is 17.1 Å². The van der Waals surface area contributed by atoms with Crippen molar-refractivity contribution in [3.63, 3.8) is 0 Å². The standard InChI is InChI=1S/C18H18F2N4OS/c1-3-10-8-14(24(4-2)23-10)17-13(21)9-15(26-17)18(25)22-16-11(19)6-5-7-12(16)20/h5-9H,3-4,21H2,1-2H3,(H,22,25). The average molecular weight is 376 g/mol. The molecule has 8 heteroatoms. The number of nitrogens with zero attached hydrogens (tertiary/aromatic N) is 2. The number of halogens is 2. The highest BCUT2D eigenvalue weighted by atomic mass is 32.1. The first-order valence-corrected chi connectivity index (χ1v) is 8.98. The molecule has 0 aliphatic rings. The molecule has 0 radical (unpaired) electrons. The Labute approximate surface area is 153 Å². The molecule has 3 rings (SSSR count). The predicted molar refractivity (Wildman–Crippen MR) is 99.3 cm³/mol. The van der Waals surface area contributed by atoms with E-state index in [4.69, 9.17) is 5.73 Å². The van der Waals surface area contributed by atoms with Crippen LogP contribution in [-0.2, 0) is 13.0 Å². The van der Waals surface area contributed by atoms with Gasteiger partial charge >= 0.3 is 0 Å². The summed E-state index contributed by atoms with van der Waals surface area (Å²) in [5.41, 5.74) is 7.78. The number of nitrogens with two attached hydrogens (primary N) is 1. The van der Waals surface area contributed by atoms with E-state index in [1.807, 2.05) is 24.6 Å². The second kappa shape index (κ2) is 7.25. The molecule has 0 saturated carbocycles. The summed E-state index contributed by atoms with van der Waals surface area (Å²) in [5.74, 6) is -2.28. The third kappa shape index (κ3) is 3.32. The van der Waals surface area contributed by atoms with Gasteiger partial charge in [-0.25, -0.2) is 8.78 Å². The van der Waals surface area contributed by atoms with Crippen LogP contribution in [0.4, 0.5) is 20.2 Å². The molecule has 0 atom stereocenters. The SMILES string of the molecule is CCc1cc(-c2sc(C(=O)Nc3c(F)cccc3F)cc2N)n(CC)n1. The monoisotopic (exact) mass is 376 g/mol. The number of hydrogen-bond acceptors (Lipinski definition) is 4. The number of para-hydroxylation sites is 1. The molecule has 0 bridgehead atoms. The Hall–Kier alpha value is -2.74. The molecular formula is C18H18F2N4OS. The first-order valence-electron chi connectivity index (χ1n) is 8.16. The summed E-state index contributed by atoms with van der Waals surface area (Å²) < 4.78 is 29.3. The van der Waals surface area contributed by atoms with Crippen molar-refractivity contribution < 1.29 is 13.6 Å². The van der Waals surface area contributed by atoms with Crippen LogP contribution in [0.2, 0.25) is 0 Å². The Kier molecular flexibility index (Phi) is 5.03. The van der Waals surface area contributed by atoms with Gasteiger partial charge < -0.3 is 11.1 Å². The number of thiophene rings is 1. The van der Waals surface area contributed by atoms with Gasteiger partial charge in [0.2, 0.25) is 0 Å². The van der Waals surface area contributed by atoms with Gasteiger partial charge in [0.15, 0.2) is 0 Å². The minimum absolute atomic E-state index is 0.266.